The molecule has 1 heterocycles. The summed E-state index contributed by atoms with van der Waals surface area (Å²) in [5.74, 6) is -2.32. The standard InChI is InChI=1S/C21H25NO7/c1-2-15-16(8-21(11-24)28-10-14(9-23)29-21)19(18(26)7-17(15)25)12-4-3-5-13(6-12)20(22)27/h3-7,14,23-26H,2,8-11H2,1H3,(H2,22,27)/t14-,21-/m0/s1. The smallest absolute Gasteiger partial charge is 0.248 e. The number of primary amides is 1. The van der Waals surface area contributed by atoms with Crippen molar-refractivity contribution in [1.82, 2.24) is 0 Å². The zero-order chi connectivity index (χ0) is 21.2. The van der Waals surface area contributed by atoms with E-state index < -0.39 is 24.4 Å². The molecule has 0 spiro atoms. The largest absolute Gasteiger partial charge is 0.508 e. The van der Waals surface area contributed by atoms with Crippen molar-refractivity contribution in [2.45, 2.75) is 31.7 Å². The molecule has 0 radical (unpaired) electrons. The summed E-state index contributed by atoms with van der Waals surface area (Å²) < 4.78 is 11.4. The Bertz CT molecular complexity index is 914. The van der Waals surface area contributed by atoms with Crippen LogP contribution < -0.4 is 5.73 Å². The highest BCUT2D eigenvalue weighted by Gasteiger charge is 2.42. The minimum atomic E-state index is -1.42. The van der Waals surface area contributed by atoms with Crippen LogP contribution in [0.15, 0.2) is 30.3 Å². The molecule has 0 bridgehead atoms. The van der Waals surface area contributed by atoms with E-state index in [-0.39, 0.29) is 36.7 Å². The molecule has 0 aliphatic carbocycles. The summed E-state index contributed by atoms with van der Waals surface area (Å²) in [6.45, 7) is 1.21. The average molecular weight is 403 g/mol. The molecule has 8 heteroatoms. The van der Waals surface area contributed by atoms with Crippen molar-refractivity contribution in [3.05, 3.63) is 47.0 Å². The molecule has 1 amide bonds. The number of aromatic hydroxyl groups is 2. The van der Waals surface area contributed by atoms with Gasteiger partial charge in [0, 0.05) is 23.6 Å². The molecule has 1 fully saturated rings. The van der Waals surface area contributed by atoms with Gasteiger partial charge in [-0.1, -0.05) is 19.1 Å². The molecular weight excluding hydrogens is 378 g/mol. The van der Waals surface area contributed by atoms with Crippen molar-refractivity contribution in [2.75, 3.05) is 19.8 Å². The first-order chi connectivity index (χ1) is 13.8. The van der Waals surface area contributed by atoms with E-state index in [0.29, 0.717) is 28.7 Å². The van der Waals surface area contributed by atoms with Gasteiger partial charge in [0.2, 0.25) is 5.91 Å². The van der Waals surface area contributed by atoms with Crippen molar-refractivity contribution in [3.8, 4) is 22.6 Å². The van der Waals surface area contributed by atoms with Crippen LogP contribution in [0.2, 0.25) is 0 Å². The maximum absolute atomic E-state index is 11.6. The van der Waals surface area contributed by atoms with Gasteiger partial charge in [0.1, 0.15) is 17.6 Å². The van der Waals surface area contributed by atoms with Crippen LogP contribution in [-0.2, 0) is 22.3 Å². The van der Waals surface area contributed by atoms with Gasteiger partial charge in [-0.25, -0.2) is 0 Å². The number of amides is 1. The minimum Gasteiger partial charge on any atom is -0.508 e. The van der Waals surface area contributed by atoms with E-state index in [4.69, 9.17) is 15.2 Å². The van der Waals surface area contributed by atoms with Gasteiger partial charge >= 0.3 is 0 Å². The number of hydrogen-bond acceptors (Lipinski definition) is 7. The molecule has 0 aromatic heterocycles. The van der Waals surface area contributed by atoms with E-state index >= 15 is 0 Å². The molecule has 1 saturated heterocycles. The lowest BCUT2D eigenvalue weighted by atomic mass is 9.87. The summed E-state index contributed by atoms with van der Waals surface area (Å²) >= 11 is 0. The number of hydrogen-bond donors (Lipinski definition) is 5. The molecule has 29 heavy (non-hydrogen) atoms. The van der Waals surface area contributed by atoms with Gasteiger partial charge in [-0.05, 0) is 35.2 Å². The second-order valence-electron chi connectivity index (χ2n) is 7.02. The fourth-order valence-corrected chi connectivity index (χ4v) is 3.70. The first kappa shape index (κ1) is 21.1. The van der Waals surface area contributed by atoms with Crippen LogP contribution in [0, 0.1) is 0 Å². The van der Waals surface area contributed by atoms with Crippen LogP contribution in [0.1, 0.15) is 28.4 Å². The Balaban J connectivity index is 2.17. The first-order valence-electron chi connectivity index (χ1n) is 9.34. The number of carbonyl (C=O) groups is 1. The first-order valence-corrected chi connectivity index (χ1v) is 9.34. The quantitative estimate of drug-likeness (QED) is 0.465. The predicted molar refractivity (Wildman–Crippen MR) is 105 cm³/mol. The van der Waals surface area contributed by atoms with Crippen LogP contribution in [-0.4, -0.2) is 58.0 Å². The normalized spacial score (nSPS) is 21.4. The van der Waals surface area contributed by atoms with E-state index in [1.54, 1.807) is 24.3 Å². The maximum Gasteiger partial charge on any atom is 0.248 e. The summed E-state index contributed by atoms with van der Waals surface area (Å²) in [6.07, 6.45) is -0.129. The number of benzene rings is 2. The zero-order valence-electron chi connectivity index (χ0n) is 16.1. The van der Waals surface area contributed by atoms with Gasteiger partial charge in [-0.2, -0.15) is 0 Å². The summed E-state index contributed by atoms with van der Waals surface area (Å²) in [5.41, 5.74) is 7.62. The average Bonchev–Trinajstić information content (AvgIpc) is 3.12. The Morgan fingerprint density at radius 1 is 1.21 bits per heavy atom. The van der Waals surface area contributed by atoms with Crippen LogP contribution in [0.3, 0.4) is 0 Å². The number of nitrogens with two attached hydrogens (primary N) is 1. The number of carbonyl (C=O) groups excluding carboxylic acids is 1. The van der Waals surface area contributed by atoms with Gasteiger partial charge < -0.3 is 35.6 Å². The lowest BCUT2D eigenvalue weighted by Gasteiger charge is -2.29. The van der Waals surface area contributed by atoms with E-state index in [9.17, 15) is 25.2 Å². The topological polar surface area (TPSA) is 142 Å². The number of phenols is 2. The molecule has 2 aromatic carbocycles. The van der Waals surface area contributed by atoms with Gasteiger partial charge in [0.05, 0.1) is 19.8 Å². The second kappa shape index (κ2) is 8.38. The fourth-order valence-electron chi connectivity index (χ4n) is 3.70. The lowest BCUT2D eigenvalue weighted by molar-refractivity contribution is -0.193. The maximum atomic E-state index is 11.6. The Morgan fingerprint density at radius 3 is 2.55 bits per heavy atom. The zero-order valence-corrected chi connectivity index (χ0v) is 16.1. The monoisotopic (exact) mass is 403 g/mol. The Labute approximate surface area is 168 Å². The van der Waals surface area contributed by atoms with Gasteiger partial charge in [0.25, 0.3) is 0 Å². The van der Waals surface area contributed by atoms with Gasteiger partial charge in [-0.15, -0.1) is 0 Å². The van der Waals surface area contributed by atoms with Crippen molar-refractivity contribution >= 4 is 5.91 Å². The summed E-state index contributed by atoms with van der Waals surface area (Å²) in [4.78, 5) is 11.6. The number of aliphatic hydroxyl groups is 2. The third kappa shape index (κ3) is 4.06. The summed E-state index contributed by atoms with van der Waals surface area (Å²) in [6, 6.07) is 7.71. The minimum absolute atomic E-state index is 0.0151. The van der Waals surface area contributed by atoms with Gasteiger partial charge in [0.15, 0.2) is 5.79 Å². The highest BCUT2D eigenvalue weighted by Crippen LogP contribution is 2.43. The van der Waals surface area contributed by atoms with Crippen LogP contribution >= 0.6 is 0 Å². The number of phenolic OH excluding ortho intramolecular Hbond substituents is 2. The number of aliphatic hydroxyl groups excluding tert-OH is 2. The van der Waals surface area contributed by atoms with Crippen molar-refractivity contribution in [2.24, 2.45) is 5.73 Å². The lowest BCUT2D eigenvalue weighted by Crippen LogP contribution is -2.38. The number of rotatable bonds is 7. The van der Waals surface area contributed by atoms with Crippen molar-refractivity contribution in [1.29, 1.82) is 0 Å². The molecular formula is C21H25NO7. The summed E-state index contributed by atoms with van der Waals surface area (Å²) in [5, 5.41) is 40.3. The van der Waals surface area contributed by atoms with E-state index in [2.05, 4.69) is 0 Å². The highest BCUT2D eigenvalue weighted by molar-refractivity contribution is 5.94. The SMILES string of the molecule is CCc1c(O)cc(O)c(-c2cccc(C(N)=O)c2)c1C[C@]1(CO)OC[C@H](CO)O1. The molecule has 0 saturated carbocycles. The third-order valence-corrected chi connectivity index (χ3v) is 5.10. The Kier molecular flexibility index (Phi) is 6.09. The van der Waals surface area contributed by atoms with E-state index in [0.717, 1.165) is 0 Å². The van der Waals surface area contributed by atoms with E-state index in [1.165, 1.54) is 6.07 Å². The van der Waals surface area contributed by atoms with E-state index in [1.807, 2.05) is 6.92 Å². The van der Waals surface area contributed by atoms with Crippen molar-refractivity contribution in [3.63, 3.8) is 0 Å². The molecule has 2 aromatic rings. The molecule has 1 aliphatic heterocycles. The Hall–Kier alpha value is -2.65. The molecule has 0 unspecified atom stereocenters. The van der Waals surface area contributed by atoms with Crippen LogP contribution in [0.5, 0.6) is 11.5 Å². The molecule has 1 aliphatic rings. The van der Waals surface area contributed by atoms with Crippen molar-refractivity contribution < 1.29 is 34.7 Å². The third-order valence-electron chi connectivity index (χ3n) is 5.10. The molecule has 156 valence electrons. The summed E-state index contributed by atoms with van der Waals surface area (Å²) in [7, 11) is 0. The van der Waals surface area contributed by atoms with Crippen LogP contribution in [0.25, 0.3) is 11.1 Å². The second-order valence-corrected chi connectivity index (χ2v) is 7.02. The molecule has 3 rings (SSSR count). The van der Waals surface area contributed by atoms with Gasteiger partial charge in [-0.3, -0.25) is 4.79 Å². The predicted octanol–water partition coefficient (Wildman–Crippen LogP) is 1.06. The molecule has 6 N–H and O–H groups in total. The molecule has 2 atom stereocenters. The highest BCUT2D eigenvalue weighted by atomic mass is 16.8. The number of ether oxygens (including phenoxy) is 2. The van der Waals surface area contributed by atoms with Crippen LogP contribution in [0.4, 0.5) is 0 Å². The molecule has 8 nitrogen and oxygen atoms in total. The Morgan fingerprint density at radius 2 is 1.97 bits per heavy atom. The fraction of sp³-hybridized carbons (Fsp3) is 0.381.